The largest absolute Gasteiger partial charge is 0.478 e. The Bertz CT molecular complexity index is 340. The van der Waals surface area contributed by atoms with Crippen molar-refractivity contribution in [2.45, 2.75) is 32.3 Å². The first-order valence-electron chi connectivity index (χ1n) is 5.35. The molecule has 0 bridgehead atoms. The molecule has 1 aliphatic carbocycles. The summed E-state index contributed by atoms with van der Waals surface area (Å²) in [6.07, 6.45) is 5.69. The fourth-order valence-electron chi connectivity index (χ4n) is 0.949. The van der Waals surface area contributed by atoms with Crippen LogP contribution >= 0.6 is 0 Å². The SMILES string of the molecule is C=COC(C)=O.O=C(O)/C=C\C(=O)OC1CCC1. The molecule has 1 fully saturated rings. The summed E-state index contributed by atoms with van der Waals surface area (Å²) >= 11 is 0. The summed E-state index contributed by atoms with van der Waals surface area (Å²) in [5.74, 6) is -2.03. The van der Waals surface area contributed by atoms with E-state index in [1.165, 1.54) is 6.92 Å². The van der Waals surface area contributed by atoms with Crippen molar-refractivity contribution in [1.29, 1.82) is 0 Å². The number of hydrogen-bond acceptors (Lipinski definition) is 5. The number of ether oxygens (including phenoxy) is 2. The third-order valence-corrected chi connectivity index (χ3v) is 1.95. The minimum absolute atomic E-state index is 0.0101. The van der Waals surface area contributed by atoms with Crippen LogP contribution in [0.2, 0.25) is 0 Å². The number of esters is 2. The number of carbonyl (C=O) groups excluding carboxylic acids is 2. The van der Waals surface area contributed by atoms with Gasteiger partial charge in [0.05, 0.1) is 6.26 Å². The van der Waals surface area contributed by atoms with Crippen LogP contribution in [-0.2, 0) is 23.9 Å². The lowest BCUT2D eigenvalue weighted by Crippen LogP contribution is -2.24. The lowest BCUT2D eigenvalue weighted by molar-refractivity contribution is -0.147. The zero-order valence-electron chi connectivity index (χ0n) is 10.1. The minimum atomic E-state index is -1.14. The van der Waals surface area contributed by atoms with Crippen molar-refractivity contribution in [2.24, 2.45) is 0 Å². The van der Waals surface area contributed by atoms with Gasteiger partial charge in [-0.2, -0.15) is 0 Å². The molecule has 100 valence electrons. The molecule has 0 radical (unpaired) electrons. The van der Waals surface area contributed by atoms with Crippen LogP contribution in [0, 0.1) is 0 Å². The number of rotatable bonds is 4. The van der Waals surface area contributed by atoms with Gasteiger partial charge in [0.1, 0.15) is 6.10 Å². The van der Waals surface area contributed by atoms with E-state index in [-0.39, 0.29) is 12.1 Å². The molecule has 0 unspecified atom stereocenters. The Kier molecular flexibility index (Phi) is 7.92. The van der Waals surface area contributed by atoms with Crippen LogP contribution < -0.4 is 0 Å². The van der Waals surface area contributed by atoms with Crippen molar-refractivity contribution in [2.75, 3.05) is 0 Å². The lowest BCUT2D eigenvalue weighted by Gasteiger charge is -2.24. The maximum atomic E-state index is 10.8. The van der Waals surface area contributed by atoms with E-state index < -0.39 is 11.9 Å². The number of carbonyl (C=O) groups is 3. The predicted octanol–water partition coefficient (Wildman–Crippen LogP) is 1.42. The second kappa shape index (κ2) is 8.98. The van der Waals surface area contributed by atoms with Crippen LogP contribution in [0.4, 0.5) is 0 Å². The van der Waals surface area contributed by atoms with Crippen molar-refractivity contribution < 1.29 is 29.0 Å². The summed E-state index contributed by atoms with van der Waals surface area (Å²) in [5, 5.41) is 8.17. The highest BCUT2D eigenvalue weighted by atomic mass is 16.5. The van der Waals surface area contributed by atoms with Gasteiger partial charge < -0.3 is 14.6 Å². The molecule has 1 rings (SSSR count). The normalized spacial score (nSPS) is 13.8. The fraction of sp³-hybridized carbons (Fsp3) is 0.417. The first kappa shape index (κ1) is 15.9. The molecule has 18 heavy (non-hydrogen) atoms. The first-order chi connectivity index (χ1) is 8.45. The maximum absolute atomic E-state index is 10.8. The van der Waals surface area contributed by atoms with Gasteiger partial charge in [0, 0.05) is 19.1 Å². The molecule has 6 heteroatoms. The van der Waals surface area contributed by atoms with Gasteiger partial charge in [-0.25, -0.2) is 9.59 Å². The summed E-state index contributed by atoms with van der Waals surface area (Å²) in [6, 6.07) is 0. The van der Waals surface area contributed by atoms with Crippen LogP contribution in [0.1, 0.15) is 26.2 Å². The third-order valence-electron chi connectivity index (χ3n) is 1.95. The second-order valence-electron chi connectivity index (χ2n) is 3.44. The molecule has 0 aromatic carbocycles. The Labute approximate surface area is 105 Å². The van der Waals surface area contributed by atoms with Crippen molar-refractivity contribution in [1.82, 2.24) is 0 Å². The van der Waals surface area contributed by atoms with Crippen molar-refractivity contribution in [3.8, 4) is 0 Å². The highest BCUT2D eigenvalue weighted by Crippen LogP contribution is 2.21. The molecular formula is C12H16O6. The van der Waals surface area contributed by atoms with Crippen LogP contribution in [-0.4, -0.2) is 29.1 Å². The molecule has 0 aromatic heterocycles. The Morgan fingerprint density at radius 3 is 2.17 bits per heavy atom. The van der Waals surface area contributed by atoms with Crippen molar-refractivity contribution in [3.63, 3.8) is 0 Å². The number of carboxylic acid groups (broad SMARTS) is 1. The molecule has 0 aromatic rings. The molecule has 0 heterocycles. The Morgan fingerprint density at radius 2 is 1.89 bits per heavy atom. The summed E-state index contributed by atoms with van der Waals surface area (Å²) in [5.41, 5.74) is 0. The van der Waals surface area contributed by atoms with Gasteiger partial charge in [0.25, 0.3) is 0 Å². The summed E-state index contributed by atoms with van der Waals surface area (Å²) in [6.45, 7) is 4.48. The van der Waals surface area contributed by atoms with Gasteiger partial charge in [0.2, 0.25) is 0 Å². The van der Waals surface area contributed by atoms with Crippen molar-refractivity contribution in [3.05, 3.63) is 25.0 Å². The predicted molar refractivity (Wildman–Crippen MR) is 62.5 cm³/mol. The summed E-state index contributed by atoms with van der Waals surface area (Å²) in [4.78, 5) is 30.5. The molecule has 0 atom stereocenters. The molecule has 0 aliphatic heterocycles. The Balaban J connectivity index is 0.000000411. The lowest BCUT2D eigenvalue weighted by atomic mass is 9.96. The molecule has 6 nitrogen and oxygen atoms in total. The fourth-order valence-corrected chi connectivity index (χ4v) is 0.949. The maximum Gasteiger partial charge on any atom is 0.331 e. The molecule has 0 amide bonds. The van der Waals surface area contributed by atoms with Crippen LogP contribution in [0.3, 0.4) is 0 Å². The van der Waals surface area contributed by atoms with Crippen LogP contribution in [0.25, 0.3) is 0 Å². The third kappa shape index (κ3) is 9.14. The van der Waals surface area contributed by atoms with Gasteiger partial charge in [-0.1, -0.05) is 6.58 Å². The van der Waals surface area contributed by atoms with E-state index in [0.29, 0.717) is 0 Å². The highest BCUT2D eigenvalue weighted by molar-refractivity contribution is 5.90. The van der Waals surface area contributed by atoms with E-state index in [1.807, 2.05) is 0 Å². The van der Waals surface area contributed by atoms with Gasteiger partial charge >= 0.3 is 17.9 Å². The van der Waals surface area contributed by atoms with E-state index in [1.54, 1.807) is 0 Å². The topological polar surface area (TPSA) is 89.9 Å². The molecule has 1 saturated carbocycles. The van der Waals surface area contributed by atoms with E-state index in [9.17, 15) is 14.4 Å². The van der Waals surface area contributed by atoms with Gasteiger partial charge in [-0.05, 0) is 19.3 Å². The highest BCUT2D eigenvalue weighted by Gasteiger charge is 2.20. The van der Waals surface area contributed by atoms with Gasteiger partial charge in [-0.15, -0.1) is 0 Å². The van der Waals surface area contributed by atoms with Crippen LogP contribution in [0.5, 0.6) is 0 Å². The Hall–Kier alpha value is -2.11. The minimum Gasteiger partial charge on any atom is -0.478 e. The quantitative estimate of drug-likeness (QED) is 0.464. The number of aliphatic carboxylic acids is 1. The molecule has 0 spiro atoms. The van der Waals surface area contributed by atoms with Crippen molar-refractivity contribution >= 4 is 17.9 Å². The van der Waals surface area contributed by atoms with Crippen LogP contribution in [0.15, 0.2) is 25.0 Å². The average Bonchev–Trinajstić information content (AvgIpc) is 2.21. The molecule has 1 aliphatic rings. The van der Waals surface area contributed by atoms with Gasteiger partial charge in [0.15, 0.2) is 0 Å². The molecule has 1 N–H and O–H groups in total. The monoisotopic (exact) mass is 256 g/mol. The van der Waals surface area contributed by atoms with Gasteiger partial charge in [-0.3, -0.25) is 4.79 Å². The average molecular weight is 256 g/mol. The van der Waals surface area contributed by atoms with E-state index in [4.69, 9.17) is 9.84 Å². The van der Waals surface area contributed by atoms with E-state index in [0.717, 1.165) is 37.7 Å². The summed E-state index contributed by atoms with van der Waals surface area (Å²) in [7, 11) is 0. The zero-order chi connectivity index (χ0) is 14.0. The smallest absolute Gasteiger partial charge is 0.331 e. The first-order valence-corrected chi connectivity index (χ1v) is 5.35. The van der Waals surface area contributed by atoms with E-state index in [2.05, 4.69) is 11.3 Å². The molecule has 0 saturated heterocycles. The number of hydrogen-bond donors (Lipinski definition) is 1. The second-order valence-corrected chi connectivity index (χ2v) is 3.44. The number of carboxylic acids is 1. The molecular weight excluding hydrogens is 240 g/mol. The standard InChI is InChI=1S/C8H10O4.C4H6O2/c9-7(10)4-5-8(11)12-6-2-1-3-6;1-3-6-4(2)5/h4-6H,1-3H2,(H,9,10);3H,1H2,2H3/b5-4-;. The zero-order valence-corrected chi connectivity index (χ0v) is 10.1. The Morgan fingerprint density at radius 1 is 1.28 bits per heavy atom. The van der Waals surface area contributed by atoms with E-state index >= 15 is 0 Å². The summed E-state index contributed by atoms with van der Waals surface area (Å²) < 4.78 is 9.01.